The number of hydrogen-bond acceptors (Lipinski definition) is 11. The molecule has 0 spiro atoms. The van der Waals surface area contributed by atoms with Crippen molar-refractivity contribution < 1.29 is 28.7 Å². The molecule has 0 atom stereocenters. The van der Waals surface area contributed by atoms with E-state index in [0.29, 0.717) is 47.5 Å². The molecule has 4 rings (SSSR count). The van der Waals surface area contributed by atoms with Crippen LogP contribution in [-0.2, 0) is 0 Å². The Labute approximate surface area is 193 Å². The lowest BCUT2D eigenvalue weighted by Crippen LogP contribution is -2.36. The predicted octanol–water partition coefficient (Wildman–Crippen LogP) is 1.89. The van der Waals surface area contributed by atoms with Crippen molar-refractivity contribution in [2.75, 3.05) is 31.3 Å². The molecule has 0 bridgehead atoms. The van der Waals surface area contributed by atoms with Gasteiger partial charge >= 0.3 is 11.8 Å². The van der Waals surface area contributed by atoms with E-state index in [1.165, 1.54) is 19.4 Å². The average molecular weight is 491 g/mol. The summed E-state index contributed by atoms with van der Waals surface area (Å²) in [6.45, 7) is 1.16. The fourth-order valence-corrected chi connectivity index (χ4v) is 4.58. The molecular formula is C20H22N5O8P. The number of nitro groups is 1. The zero-order chi connectivity index (χ0) is 24.4. The Morgan fingerprint density at radius 1 is 1.35 bits per heavy atom. The third-order valence-corrected chi connectivity index (χ3v) is 6.42. The summed E-state index contributed by atoms with van der Waals surface area (Å²) in [5.41, 5.74) is -0.736. The molecule has 180 valence electrons. The highest BCUT2D eigenvalue weighted by Gasteiger charge is 2.26. The Kier molecular flexibility index (Phi) is 6.87. The Balaban J connectivity index is 1.70. The maximum Gasteiger partial charge on any atom is 0.433 e. The summed E-state index contributed by atoms with van der Waals surface area (Å²) in [6.07, 6.45) is 3.95. The van der Waals surface area contributed by atoms with E-state index in [0.717, 1.165) is 25.0 Å². The molecule has 1 aliphatic heterocycles. The normalized spacial score (nSPS) is 14.6. The van der Waals surface area contributed by atoms with Crippen LogP contribution in [0.3, 0.4) is 0 Å². The van der Waals surface area contributed by atoms with Crippen molar-refractivity contribution in [3.63, 3.8) is 0 Å². The second kappa shape index (κ2) is 9.84. The minimum atomic E-state index is -1.92. The Bertz CT molecular complexity index is 1280. The molecule has 0 radical (unpaired) electrons. The highest BCUT2D eigenvalue weighted by Crippen LogP contribution is 2.33. The number of nitrogens with zero attached hydrogens (tertiary/aromatic N) is 5. The number of carbonyl (C=O) groups is 1. The third kappa shape index (κ3) is 4.76. The highest BCUT2D eigenvalue weighted by atomic mass is 31.2. The number of fused-ring (bicyclic) bond motifs is 1. The SMILES string of the molecule is COc1cc2cnn(C(=O)c3ccc([N+](=O)[O-])o3)c(=O)c2c(N2CCC(CCP(O)O)CC2)n1. The fraction of sp³-hybridized carbons (Fsp3) is 0.400. The summed E-state index contributed by atoms with van der Waals surface area (Å²) < 4.78 is 10.8. The molecule has 1 fully saturated rings. The minimum Gasteiger partial charge on any atom is -0.481 e. The van der Waals surface area contributed by atoms with Crippen molar-refractivity contribution >= 4 is 36.8 Å². The number of anilines is 1. The quantitative estimate of drug-likeness (QED) is 0.280. The van der Waals surface area contributed by atoms with E-state index in [-0.39, 0.29) is 11.3 Å². The number of methoxy groups -OCH3 is 1. The molecule has 0 saturated carbocycles. The maximum atomic E-state index is 13.3. The molecule has 34 heavy (non-hydrogen) atoms. The van der Waals surface area contributed by atoms with E-state index < -0.39 is 36.4 Å². The van der Waals surface area contributed by atoms with E-state index in [4.69, 9.17) is 9.15 Å². The van der Waals surface area contributed by atoms with Crippen LogP contribution in [0.2, 0.25) is 0 Å². The van der Waals surface area contributed by atoms with Gasteiger partial charge in [0, 0.05) is 30.7 Å². The van der Waals surface area contributed by atoms with Crippen LogP contribution in [0.1, 0.15) is 29.8 Å². The summed E-state index contributed by atoms with van der Waals surface area (Å²) >= 11 is 0. The topological polar surface area (TPSA) is 174 Å². The van der Waals surface area contributed by atoms with Gasteiger partial charge in [0.15, 0.2) is 8.38 Å². The lowest BCUT2D eigenvalue weighted by molar-refractivity contribution is -0.402. The maximum absolute atomic E-state index is 13.3. The van der Waals surface area contributed by atoms with Gasteiger partial charge in [-0.05, 0) is 31.2 Å². The van der Waals surface area contributed by atoms with Gasteiger partial charge < -0.3 is 23.8 Å². The number of rotatable bonds is 7. The summed E-state index contributed by atoms with van der Waals surface area (Å²) in [7, 11) is -0.464. The van der Waals surface area contributed by atoms with Crippen LogP contribution in [0.15, 0.2) is 33.6 Å². The average Bonchev–Trinajstić information content (AvgIpc) is 3.33. The second-order valence-electron chi connectivity index (χ2n) is 7.83. The first-order valence-corrected chi connectivity index (χ1v) is 11.9. The predicted molar refractivity (Wildman–Crippen MR) is 121 cm³/mol. The molecule has 2 N–H and O–H groups in total. The first-order chi connectivity index (χ1) is 16.3. The number of furan rings is 1. The van der Waals surface area contributed by atoms with Crippen molar-refractivity contribution in [2.45, 2.75) is 19.3 Å². The van der Waals surface area contributed by atoms with Crippen LogP contribution in [0.25, 0.3) is 10.8 Å². The van der Waals surface area contributed by atoms with E-state index in [1.807, 2.05) is 4.90 Å². The molecule has 14 heteroatoms. The van der Waals surface area contributed by atoms with Crippen molar-refractivity contribution in [3.05, 3.63) is 50.6 Å². The molecule has 3 aromatic rings. The van der Waals surface area contributed by atoms with Crippen molar-refractivity contribution in [1.29, 1.82) is 0 Å². The molecule has 13 nitrogen and oxygen atoms in total. The number of piperidine rings is 1. The summed E-state index contributed by atoms with van der Waals surface area (Å²) in [4.78, 5) is 61.0. The molecule has 3 aromatic heterocycles. The number of hydrogen-bond donors (Lipinski definition) is 2. The summed E-state index contributed by atoms with van der Waals surface area (Å²) in [6, 6.07) is 3.68. The Morgan fingerprint density at radius 3 is 2.71 bits per heavy atom. The first kappa shape index (κ1) is 23.7. The van der Waals surface area contributed by atoms with Crippen LogP contribution in [0, 0.1) is 16.0 Å². The van der Waals surface area contributed by atoms with Gasteiger partial charge in [0.05, 0.1) is 24.8 Å². The van der Waals surface area contributed by atoms with Gasteiger partial charge in [0.2, 0.25) is 11.6 Å². The number of aromatic nitrogens is 3. The standard InChI is InChI=1S/C20H22N5O8P/c1-32-15-10-13-11-21-24(19(26)14-2-3-16(33-14)25(28)29)20(27)17(13)18(22-15)23-7-4-12(5-8-23)6-9-34(30)31/h2-3,10-12,30-31H,4-9H2,1H3. The van der Waals surface area contributed by atoms with E-state index >= 15 is 0 Å². The lowest BCUT2D eigenvalue weighted by atomic mass is 9.94. The van der Waals surface area contributed by atoms with Crippen LogP contribution in [0.4, 0.5) is 11.7 Å². The molecule has 1 aliphatic rings. The van der Waals surface area contributed by atoms with Gasteiger partial charge in [0.1, 0.15) is 10.7 Å². The molecule has 0 amide bonds. The van der Waals surface area contributed by atoms with Crippen LogP contribution in [-0.4, -0.2) is 61.7 Å². The Morgan fingerprint density at radius 2 is 2.09 bits per heavy atom. The minimum absolute atomic E-state index is 0.165. The van der Waals surface area contributed by atoms with Crippen LogP contribution in [0.5, 0.6) is 5.88 Å². The van der Waals surface area contributed by atoms with Gasteiger partial charge in [-0.2, -0.15) is 14.8 Å². The largest absolute Gasteiger partial charge is 0.481 e. The molecular weight excluding hydrogens is 469 g/mol. The highest BCUT2D eigenvalue weighted by molar-refractivity contribution is 7.45. The fourth-order valence-electron chi connectivity index (χ4n) is 3.98. The van der Waals surface area contributed by atoms with Crippen molar-refractivity contribution in [2.24, 2.45) is 5.92 Å². The first-order valence-electron chi connectivity index (χ1n) is 10.4. The number of ether oxygens (including phenoxy) is 1. The van der Waals surface area contributed by atoms with Crippen LogP contribution < -0.4 is 15.2 Å². The van der Waals surface area contributed by atoms with Crippen LogP contribution >= 0.6 is 8.38 Å². The second-order valence-corrected chi connectivity index (χ2v) is 9.02. The molecule has 0 aliphatic carbocycles. The van der Waals surface area contributed by atoms with Crippen molar-refractivity contribution in [1.82, 2.24) is 14.8 Å². The van der Waals surface area contributed by atoms with E-state index in [9.17, 15) is 29.5 Å². The molecule has 0 unspecified atom stereocenters. The van der Waals surface area contributed by atoms with Gasteiger partial charge in [-0.1, -0.05) is 0 Å². The summed E-state index contributed by atoms with van der Waals surface area (Å²) in [5, 5.41) is 15.4. The summed E-state index contributed by atoms with van der Waals surface area (Å²) in [5.74, 6) is -1.00. The van der Waals surface area contributed by atoms with Gasteiger partial charge in [0.25, 0.3) is 5.56 Å². The van der Waals surface area contributed by atoms with E-state index in [2.05, 4.69) is 10.1 Å². The monoisotopic (exact) mass is 491 g/mol. The van der Waals surface area contributed by atoms with E-state index in [1.54, 1.807) is 0 Å². The van der Waals surface area contributed by atoms with Gasteiger partial charge in [-0.3, -0.25) is 19.7 Å². The number of pyridine rings is 1. The third-order valence-electron chi connectivity index (χ3n) is 5.76. The molecule has 4 heterocycles. The van der Waals surface area contributed by atoms with Gasteiger partial charge in [-0.25, -0.2) is 0 Å². The zero-order valence-electron chi connectivity index (χ0n) is 18.2. The van der Waals surface area contributed by atoms with Crippen molar-refractivity contribution in [3.8, 4) is 5.88 Å². The smallest absolute Gasteiger partial charge is 0.433 e. The van der Waals surface area contributed by atoms with Gasteiger partial charge in [-0.15, -0.1) is 0 Å². The molecule has 0 aromatic carbocycles. The zero-order valence-corrected chi connectivity index (χ0v) is 19.1. The Hall–Kier alpha value is -3.41. The number of carbonyl (C=O) groups excluding carboxylic acids is 1. The molecule has 1 saturated heterocycles. The lowest BCUT2D eigenvalue weighted by Gasteiger charge is -2.33.